The molecular weight excluding hydrogens is 721 g/mol. The van der Waals surface area contributed by atoms with Crippen LogP contribution in [0.5, 0.6) is 0 Å². The number of hydrogen-bond acceptors (Lipinski definition) is 5. The fourth-order valence-corrected chi connectivity index (χ4v) is 7.71. The van der Waals surface area contributed by atoms with Gasteiger partial charge in [-0.05, 0) is 86.2 Å². The molecule has 0 saturated carbocycles. The topological polar surface area (TPSA) is 114 Å². The van der Waals surface area contributed by atoms with Crippen molar-refractivity contribution >= 4 is 66.9 Å². The van der Waals surface area contributed by atoms with Crippen LogP contribution in [0.25, 0.3) is 0 Å². The lowest BCUT2D eigenvalue weighted by Gasteiger charge is -2.41. The average Bonchev–Trinajstić information content (AvgIpc) is 3.06. The largest absolute Gasteiger partial charge is 0.397 e. The number of likely N-dealkylation sites (tertiary alicyclic amines) is 1. The Kier molecular flexibility index (Phi) is 9.69. The summed E-state index contributed by atoms with van der Waals surface area (Å²) in [6.45, 7) is 3.23. The van der Waals surface area contributed by atoms with E-state index in [0.717, 1.165) is 16.8 Å². The number of anilines is 3. The lowest BCUT2D eigenvalue weighted by Crippen LogP contribution is -2.58. The summed E-state index contributed by atoms with van der Waals surface area (Å²) in [5.74, 6) is -0.481. The van der Waals surface area contributed by atoms with Crippen molar-refractivity contribution in [1.29, 1.82) is 0 Å². The minimum absolute atomic E-state index is 0.00469. The van der Waals surface area contributed by atoms with E-state index in [2.05, 4.69) is 42.5 Å². The first-order valence-corrected chi connectivity index (χ1v) is 17.0. The molecule has 1 atom stereocenters. The smallest absolute Gasteiger partial charge is 0.322 e. The van der Waals surface area contributed by atoms with Gasteiger partial charge in [-0.15, -0.1) is 0 Å². The molecule has 13 heteroatoms. The number of piperazine rings is 1. The van der Waals surface area contributed by atoms with E-state index in [1.165, 1.54) is 6.07 Å². The number of nitrogens with two attached hydrogens (primary N) is 1. The number of fused-ring (bicyclic) bond motifs is 1. The van der Waals surface area contributed by atoms with Crippen LogP contribution in [0.2, 0.25) is 0 Å². The fourth-order valence-electron chi connectivity index (χ4n) is 6.43. The maximum Gasteiger partial charge on any atom is 0.322 e. The number of nitrogens with zero attached hydrogens (tertiary/aromatic N) is 4. The molecule has 0 spiro atoms. The van der Waals surface area contributed by atoms with Crippen LogP contribution in [0.1, 0.15) is 24.0 Å². The van der Waals surface area contributed by atoms with Gasteiger partial charge < -0.3 is 36.0 Å². The molecule has 3 aliphatic rings. The van der Waals surface area contributed by atoms with Crippen LogP contribution in [0.4, 0.5) is 31.0 Å². The number of halogens is 3. The van der Waals surface area contributed by atoms with Crippen molar-refractivity contribution in [3.05, 3.63) is 86.6 Å². The normalized spacial score (nSPS) is 17.8. The first kappa shape index (κ1) is 32.1. The van der Waals surface area contributed by atoms with Crippen molar-refractivity contribution in [3.8, 4) is 0 Å². The number of piperidine rings is 1. The molecule has 0 bridgehead atoms. The van der Waals surface area contributed by atoms with Crippen molar-refractivity contribution in [2.24, 2.45) is 0 Å². The van der Waals surface area contributed by atoms with Gasteiger partial charge in [0.2, 0.25) is 5.91 Å². The first-order chi connectivity index (χ1) is 22.2. The van der Waals surface area contributed by atoms with E-state index in [4.69, 9.17) is 5.73 Å². The maximum absolute atomic E-state index is 14.4. The number of nitrogen functional groups attached to an aromatic ring is 1. The van der Waals surface area contributed by atoms with E-state index < -0.39 is 6.04 Å². The predicted octanol–water partition coefficient (Wildman–Crippen LogP) is 5.41. The molecule has 0 radical (unpaired) electrons. The number of amides is 5. The molecule has 3 heterocycles. The zero-order chi connectivity index (χ0) is 32.4. The van der Waals surface area contributed by atoms with E-state index >= 15 is 0 Å². The van der Waals surface area contributed by atoms with Gasteiger partial charge in [-0.3, -0.25) is 4.79 Å². The zero-order valence-electron chi connectivity index (χ0n) is 25.2. The van der Waals surface area contributed by atoms with Gasteiger partial charge in [0.15, 0.2) is 0 Å². The Hall–Kier alpha value is -3.84. The molecule has 0 aliphatic carbocycles. The van der Waals surface area contributed by atoms with Gasteiger partial charge >= 0.3 is 12.1 Å². The van der Waals surface area contributed by atoms with Crippen LogP contribution < -0.4 is 21.3 Å². The van der Waals surface area contributed by atoms with Crippen molar-refractivity contribution in [1.82, 2.24) is 20.0 Å². The highest BCUT2D eigenvalue weighted by Crippen LogP contribution is 2.31. The quantitative estimate of drug-likeness (QED) is 0.291. The molecule has 0 aromatic heterocycles. The SMILES string of the molecule is Nc1c(Br)cc(C[C@H](NC(=O)N2CCC(N3Cc4ccccc4NC3=O)CC2)C(=O)N2CCN(c3ccccc3F)CC2)cc1Br. The van der Waals surface area contributed by atoms with Crippen molar-refractivity contribution in [2.45, 2.75) is 37.9 Å². The Labute approximate surface area is 284 Å². The Morgan fingerprint density at radius 2 is 1.59 bits per heavy atom. The summed E-state index contributed by atoms with van der Waals surface area (Å²) in [5, 5.41) is 6.00. The Morgan fingerprint density at radius 1 is 0.935 bits per heavy atom. The summed E-state index contributed by atoms with van der Waals surface area (Å²) in [7, 11) is 0. The molecule has 2 fully saturated rings. The number of hydrogen-bond donors (Lipinski definition) is 3. The molecule has 242 valence electrons. The fraction of sp³-hybridized carbons (Fsp3) is 0.364. The van der Waals surface area contributed by atoms with Gasteiger partial charge in [0, 0.05) is 72.9 Å². The lowest BCUT2D eigenvalue weighted by molar-refractivity contribution is -0.133. The van der Waals surface area contributed by atoms with E-state index in [0.29, 0.717) is 79.0 Å². The Balaban J connectivity index is 1.11. The van der Waals surface area contributed by atoms with Crippen LogP contribution in [-0.2, 0) is 17.8 Å². The van der Waals surface area contributed by atoms with E-state index in [1.807, 2.05) is 46.2 Å². The third-order valence-electron chi connectivity index (χ3n) is 9.01. The monoisotopic (exact) mass is 755 g/mol. The van der Waals surface area contributed by atoms with Gasteiger partial charge in [0.1, 0.15) is 11.9 Å². The summed E-state index contributed by atoms with van der Waals surface area (Å²) in [6, 6.07) is 16.9. The van der Waals surface area contributed by atoms with Gasteiger partial charge in [-0.25, -0.2) is 14.0 Å². The first-order valence-electron chi connectivity index (χ1n) is 15.4. The molecule has 46 heavy (non-hydrogen) atoms. The minimum atomic E-state index is -0.822. The number of carbonyl (C=O) groups is 3. The molecule has 3 aromatic carbocycles. The number of benzene rings is 3. The number of urea groups is 2. The highest BCUT2D eigenvalue weighted by atomic mass is 79.9. The van der Waals surface area contributed by atoms with Crippen LogP contribution >= 0.6 is 31.9 Å². The summed E-state index contributed by atoms with van der Waals surface area (Å²) in [5.41, 5.74) is 9.90. The number of carbonyl (C=O) groups excluding carboxylic acids is 3. The van der Waals surface area contributed by atoms with Crippen LogP contribution in [0, 0.1) is 5.82 Å². The van der Waals surface area contributed by atoms with Crippen molar-refractivity contribution in [3.63, 3.8) is 0 Å². The third kappa shape index (κ3) is 6.95. The summed E-state index contributed by atoms with van der Waals surface area (Å²) >= 11 is 6.97. The molecule has 2 saturated heterocycles. The second kappa shape index (κ2) is 13.9. The Morgan fingerprint density at radius 3 is 2.28 bits per heavy atom. The second-order valence-electron chi connectivity index (χ2n) is 11.9. The van der Waals surface area contributed by atoms with E-state index in [9.17, 15) is 18.8 Å². The zero-order valence-corrected chi connectivity index (χ0v) is 28.4. The van der Waals surface area contributed by atoms with Crippen molar-refractivity contribution < 1.29 is 18.8 Å². The predicted molar refractivity (Wildman–Crippen MR) is 183 cm³/mol. The third-order valence-corrected chi connectivity index (χ3v) is 10.3. The highest BCUT2D eigenvalue weighted by molar-refractivity contribution is 9.11. The summed E-state index contributed by atoms with van der Waals surface area (Å²) < 4.78 is 15.8. The molecule has 6 rings (SSSR count). The summed E-state index contributed by atoms with van der Waals surface area (Å²) in [4.78, 5) is 47.7. The standard InChI is InChI=1S/C33H36Br2FN7O3/c34-24-17-21(18-25(35)30(24)37)19-28(31(44)41-15-13-40(14-16-41)29-8-4-2-6-26(29)36)39-32(45)42-11-9-23(10-12-42)43-20-22-5-1-3-7-27(22)38-33(43)46/h1-8,17-18,23,28H,9-16,19-20,37H2,(H,38,46)(H,39,45)/t28-/m0/s1. The van der Waals surface area contributed by atoms with Crippen molar-refractivity contribution in [2.75, 3.05) is 55.2 Å². The molecule has 4 N–H and O–H groups in total. The lowest BCUT2D eigenvalue weighted by atomic mass is 10.0. The molecule has 5 amide bonds. The van der Waals surface area contributed by atoms with Gasteiger partial charge in [-0.2, -0.15) is 0 Å². The number of para-hydroxylation sites is 2. The van der Waals surface area contributed by atoms with Crippen LogP contribution in [-0.4, -0.2) is 84.0 Å². The number of rotatable bonds is 6. The Bertz CT molecular complexity index is 1600. The van der Waals surface area contributed by atoms with Crippen LogP contribution in [0.3, 0.4) is 0 Å². The highest BCUT2D eigenvalue weighted by Gasteiger charge is 2.35. The van der Waals surface area contributed by atoms with Crippen LogP contribution in [0.15, 0.2) is 69.6 Å². The molecule has 0 unspecified atom stereocenters. The van der Waals surface area contributed by atoms with Gasteiger partial charge in [0.05, 0.1) is 11.4 Å². The van der Waals surface area contributed by atoms with E-state index in [1.54, 1.807) is 28.0 Å². The van der Waals surface area contributed by atoms with Gasteiger partial charge in [0.25, 0.3) is 0 Å². The van der Waals surface area contributed by atoms with E-state index in [-0.39, 0.29) is 36.2 Å². The molecule has 3 aromatic rings. The number of nitrogens with one attached hydrogen (secondary N) is 2. The molecule has 3 aliphatic heterocycles. The molecule has 10 nitrogen and oxygen atoms in total. The minimum Gasteiger partial charge on any atom is -0.397 e. The van der Waals surface area contributed by atoms with Gasteiger partial charge in [-0.1, -0.05) is 30.3 Å². The summed E-state index contributed by atoms with van der Waals surface area (Å²) in [6.07, 6.45) is 1.54. The second-order valence-corrected chi connectivity index (χ2v) is 13.6. The molecular formula is C33H36Br2FN7O3. The average molecular weight is 758 g/mol. The maximum atomic E-state index is 14.4.